The average molecular weight is 227 g/mol. The Kier molecular flexibility index (Phi) is 5.66. The molecule has 3 heteroatoms. The number of nitrogens with one attached hydrogen (secondary N) is 1. The molecule has 1 aromatic rings. The fourth-order valence-electron chi connectivity index (χ4n) is 1.60. The summed E-state index contributed by atoms with van der Waals surface area (Å²) in [4.78, 5) is 4.36. The van der Waals surface area contributed by atoms with Gasteiger partial charge in [-0.3, -0.25) is 4.98 Å². The van der Waals surface area contributed by atoms with Crippen LogP contribution in [0.4, 0.5) is 0 Å². The fraction of sp³-hybridized carbons (Fsp3) is 0.583. The molecule has 0 aromatic carbocycles. The van der Waals surface area contributed by atoms with Gasteiger partial charge in [0.1, 0.15) is 0 Å². The largest absolute Gasteiger partial charge is 0.309 e. The van der Waals surface area contributed by atoms with Gasteiger partial charge in [0, 0.05) is 6.20 Å². The summed E-state index contributed by atoms with van der Waals surface area (Å²) < 4.78 is 0. The molecule has 1 N–H and O–H groups in total. The van der Waals surface area contributed by atoms with E-state index in [2.05, 4.69) is 24.1 Å². The first-order valence-electron chi connectivity index (χ1n) is 5.63. The summed E-state index contributed by atoms with van der Waals surface area (Å²) in [6.45, 7) is 5.35. The van der Waals surface area contributed by atoms with Crippen molar-refractivity contribution in [3.05, 3.63) is 29.0 Å². The van der Waals surface area contributed by atoms with Crippen LogP contribution < -0.4 is 5.32 Å². The molecule has 0 spiro atoms. The molecule has 0 saturated heterocycles. The molecule has 2 nitrogen and oxygen atoms in total. The molecule has 0 aliphatic rings. The normalized spacial score (nSPS) is 12.7. The van der Waals surface area contributed by atoms with E-state index in [0.717, 1.165) is 36.5 Å². The molecule has 1 atom stereocenters. The lowest BCUT2D eigenvalue weighted by atomic mass is 10.1. The predicted octanol–water partition coefficient (Wildman–Crippen LogP) is 3.58. The first-order chi connectivity index (χ1) is 7.29. The maximum Gasteiger partial charge on any atom is 0.0758 e. The van der Waals surface area contributed by atoms with Gasteiger partial charge in [0.05, 0.1) is 16.8 Å². The van der Waals surface area contributed by atoms with Crippen molar-refractivity contribution in [1.82, 2.24) is 10.3 Å². The van der Waals surface area contributed by atoms with Crippen LogP contribution in [-0.4, -0.2) is 11.5 Å². The van der Waals surface area contributed by atoms with Crippen LogP contribution >= 0.6 is 11.6 Å². The number of nitrogens with zero attached hydrogens (tertiary/aromatic N) is 1. The van der Waals surface area contributed by atoms with Crippen molar-refractivity contribution >= 4 is 11.6 Å². The third-order valence-electron chi connectivity index (χ3n) is 2.34. The van der Waals surface area contributed by atoms with Gasteiger partial charge in [-0.1, -0.05) is 31.9 Å². The number of hydrogen-bond acceptors (Lipinski definition) is 2. The molecule has 1 heterocycles. The molecule has 0 bridgehead atoms. The summed E-state index contributed by atoms with van der Waals surface area (Å²) in [6.07, 6.45) is 5.15. The van der Waals surface area contributed by atoms with E-state index in [-0.39, 0.29) is 0 Å². The lowest BCUT2D eigenvalue weighted by Gasteiger charge is -2.18. The second-order valence-electron chi connectivity index (χ2n) is 3.67. The molecular weight excluding hydrogens is 208 g/mol. The highest BCUT2D eigenvalue weighted by molar-refractivity contribution is 6.31. The minimum Gasteiger partial charge on any atom is -0.309 e. The van der Waals surface area contributed by atoms with E-state index < -0.39 is 0 Å². The zero-order valence-corrected chi connectivity index (χ0v) is 10.2. The van der Waals surface area contributed by atoms with Crippen LogP contribution in [-0.2, 0) is 0 Å². The maximum absolute atomic E-state index is 6.13. The van der Waals surface area contributed by atoms with Crippen molar-refractivity contribution in [3.63, 3.8) is 0 Å². The fourth-order valence-corrected chi connectivity index (χ4v) is 1.85. The maximum atomic E-state index is 6.13. The molecule has 84 valence electrons. The first-order valence-corrected chi connectivity index (χ1v) is 6.01. The van der Waals surface area contributed by atoms with Crippen molar-refractivity contribution in [2.75, 3.05) is 6.54 Å². The predicted molar refractivity (Wildman–Crippen MR) is 65.2 cm³/mol. The standard InChI is InChI=1S/C12H19ClN2/c1-3-6-11(14-8-4-2)12-10(13)7-5-9-15-12/h5,7,9,11,14H,3-4,6,8H2,1-2H3. The van der Waals surface area contributed by atoms with Crippen LogP contribution in [0.3, 0.4) is 0 Å². The summed E-state index contributed by atoms with van der Waals surface area (Å²) in [5, 5.41) is 4.24. The van der Waals surface area contributed by atoms with Gasteiger partial charge in [-0.2, -0.15) is 0 Å². The summed E-state index contributed by atoms with van der Waals surface area (Å²) >= 11 is 6.13. The van der Waals surface area contributed by atoms with E-state index in [0.29, 0.717) is 6.04 Å². The molecule has 1 aromatic heterocycles. The number of rotatable bonds is 6. The lowest BCUT2D eigenvalue weighted by Crippen LogP contribution is -2.23. The summed E-state index contributed by atoms with van der Waals surface area (Å²) in [5.74, 6) is 0. The Hall–Kier alpha value is -0.600. The molecule has 0 aliphatic carbocycles. The summed E-state index contributed by atoms with van der Waals surface area (Å²) in [6, 6.07) is 4.07. The van der Waals surface area contributed by atoms with Crippen LogP contribution in [0, 0.1) is 0 Å². The Morgan fingerprint density at radius 3 is 2.80 bits per heavy atom. The van der Waals surface area contributed by atoms with Gasteiger partial charge in [0.2, 0.25) is 0 Å². The van der Waals surface area contributed by atoms with Crippen molar-refractivity contribution < 1.29 is 0 Å². The topological polar surface area (TPSA) is 24.9 Å². The van der Waals surface area contributed by atoms with Gasteiger partial charge in [-0.25, -0.2) is 0 Å². The molecule has 0 radical (unpaired) electrons. The highest BCUT2D eigenvalue weighted by Gasteiger charge is 2.13. The monoisotopic (exact) mass is 226 g/mol. The lowest BCUT2D eigenvalue weighted by molar-refractivity contribution is 0.484. The van der Waals surface area contributed by atoms with Gasteiger partial charge in [-0.15, -0.1) is 0 Å². The molecule has 0 amide bonds. The van der Waals surface area contributed by atoms with Crippen molar-refractivity contribution in [3.8, 4) is 0 Å². The SMILES string of the molecule is CCCNC(CCC)c1ncccc1Cl. The van der Waals surface area contributed by atoms with Gasteiger partial charge in [0.15, 0.2) is 0 Å². The Morgan fingerprint density at radius 1 is 1.40 bits per heavy atom. The molecule has 15 heavy (non-hydrogen) atoms. The van der Waals surface area contributed by atoms with Crippen LogP contribution in [0.1, 0.15) is 44.8 Å². The molecular formula is C12H19ClN2. The van der Waals surface area contributed by atoms with E-state index >= 15 is 0 Å². The van der Waals surface area contributed by atoms with Crippen LogP contribution in [0.2, 0.25) is 5.02 Å². The second-order valence-corrected chi connectivity index (χ2v) is 4.07. The van der Waals surface area contributed by atoms with E-state index in [4.69, 9.17) is 11.6 Å². The number of pyridine rings is 1. The third-order valence-corrected chi connectivity index (χ3v) is 2.65. The Labute approximate surface area is 97.1 Å². The Bertz CT molecular complexity index is 289. The van der Waals surface area contributed by atoms with Gasteiger partial charge >= 0.3 is 0 Å². The van der Waals surface area contributed by atoms with E-state index in [1.54, 1.807) is 6.20 Å². The van der Waals surface area contributed by atoms with E-state index in [1.807, 2.05) is 12.1 Å². The van der Waals surface area contributed by atoms with Gasteiger partial charge in [0.25, 0.3) is 0 Å². The molecule has 1 rings (SSSR count). The van der Waals surface area contributed by atoms with E-state index in [1.165, 1.54) is 0 Å². The minimum atomic E-state index is 0.295. The Balaban J connectivity index is 2.74. The number of hydrogen-bond donors (Lipinski definition) is 1. The summed E-state index contributed by atoms with van der Waals surface area (Å²) in [5.41, 5.74) is 0.981. The molecule has 0 saturated carbocycles. The second kappa shape index (κ2) is 6.81. The van der Waals surface area contributed by atoms with E-state index in [9.17, 15) is 0 Å². The van der Waals surface area contributed by atoms with Crippen LogP contribution in [0.5, 0.6) is 0 Å². The minimum absolute atomic E-state index is 0.295. The van der Waals surface area contributed by atoms with Gasteiger partial charge in [-0.05, 0) is 31.5 Å². The summed E-state index contributed by atoms with van der Waals surface area (Å²) in [7, 11) is 0. The molecule has 0 fully saturated rings. The number of halogens is 1. The van der Waals surface area contributed by atoms with Crippen molar-refractivity contribution in [2.45, 2.75) is 39.2 Å². The zero-order chi connectivity index (χ0) is 11.1. The van der Waals surface area contributed by atoms with Crippen molar-refractivity contribution in [2.24, 2.45) is 0 Å². The molecule has 0 aliphatic heterocycles. The smallest absolute Gasteiger partial charge is 0.0758 e. The first kappa shape index (κ1) is 12.5. The van der Waals surface area contributed by atoms with Crippen LogP contribution in [0.25, 0.3) is 0 Å². The average Bonchev–Trinajstić information content (AvgIpc) is 2.25. The Morgan fingerprint density at radius 2 is 2.20 bits per heavy atom. The zero-order valence-electron chi connectivity index (χ0n) is 9.46. The third kappa shape index (κ3) is 3.80. The highest BCUT2D eigenvalue weighted by atomic mass is 35.5. The van der Waals surface area contributed by atoms with Crippen LogP contribution in [0.15, 0.2) is 18.3 Å². The highest BCUT2D eigenvalue weighted by Crippen LogP contribution is 2.23. The van der Waals surface area contributed by atoms with Gasteiger partial charge < -0.3 is 5.32 Å². The molecule has 1 unspecified atom stereocenters. The van der Waals surface area contributed by atoms with Crippen molar-refractivity contribution in [1.29, 1.82) is 0 Å². The number of aromatic nitrogens is 1. The quantitative estimate of drug-likeness (QED) is 0.802.